The molecule has 0 fully saturated rings. The highest BCUT2D eigenvalue weighted by Gasteiger charge is 2.22. The summed E-state index contributed by atoms with van der Waals surface area (Å²) in [6.07, 6.45) is 0. The van der Waals surface area contributed by atoms with Crippen LogP contribution in [0.1, 0.15) is 5.82 Å². The molecule has 0 radical (unpaired) electrons. The maximum absolute atomic E-state index is 14.3. The van der Waals surface area contributed by atoms with E-state index in [0.717, 1.165) is 43.7 Å². The lowest BCUT2D eigenvalue weighted by Crippen LogP contribution is -2.13. The van der Waals surface area contributed by atoms with Crippen LogP contribution in [0.15, 0.2) is 132 Å². The lowest BCUT2D eigenvalue weighted by Gasteiger charge is -2.14. The van der Waals surface area contributed by atoms with Gasteiger partial charge in [0.05, 0.1) is 22.1 Å². The topological polar surface area (TPSA) is 93.8 Å². The zero-order valence-corrected chi connectivity index (χ0v) is 26.2. The molecule has 3 aromatic heterocycles. The molecule has 0 saturated heterocycles. The second kappa shape index (κ2) is 10.3. The molecule has 0 aliphatic carbocycles. The van der Waals surface area contributed by atoms with Gasteiger partial charge in [0, 0.05) is 27.2 Å². The molecular weight excluding hydrogens is 619 g/mol. The minimum absolute atomic E-state index is 0.0918. The minimum Gasteiger partial charge on any atom is -0.394 e. The third kappa shape index (κ3) is 3.79. The van der Waals surface area contributed by atoms with Crippen molar-refractivity contribution in [3.63, 3.8) is 0 Å². The molecule has 8 nitrogen and oxygen atoms in total. The van der Waals surface area contributed by atoms with Gasteiger partial charge in [-0.25, -0.2) is 0 Å². The van der Waals surface area contributed by atoms with Crippen molar-refractivity contribution in [2.45, 2.75) is 0 Å². The summed E-state index contributed by atoms with van der Waals surface area (Å²) in [5.74, 6) is -0.287. The van der Waals surface area contributed by atoms with E-state index in [1.807, 2.05) is 54.6 Å². The SMILES string of the molecule is [C-]#[N+]c1nc(C#N)nc(-n2c3ccccc3c(=O)c3cc4c5cc6c7ccccc7c7ccccc7c6cc5n(-c5ccccc5)c4cc32)n1. The van der Waals surface area contributed by atoms with Crippen molar-refractivity contribution in [2.75, 3.05) is 0 Å². The summed E-state index contributed by atoms with van der Waals surface area (Å²) in [5, 5.41) is 19.6. The molecule has 0 bridgehead atoms. The van der Waals surface area contributed by atoms with E-state index in [4.69, 9.17) is 6.57 Å². The van der Waals surface area contributed by atoms with Crippen LogP contribution in [-0.4, -0.2) is 24.1 Å². The van der Waals surface area contributed by atoms with Gasteiger partial charge in [-0.3, -0.25) is 9.36 Å². The fraction of sp³-hybridized carbons (Fsp3) is 0. The number of nitriles is 1. The van der Waals surface area contributed by atoms with Crippen LogP contribution in [0.25, 0.3) is 92.4 Å². The molecule has 3 heterocycles. The number of benzene rings is 7. The molecule has 0 saturated carbocycles. The van der Waals surface area contributed by atoms with E-state index in [0.29, 0.717) is 21.8 Å². The van der Waals surface area contributed by atoms with Gasteiger partial charge in [-0.1, -0.05) is 78.9 Å². The Balaban J connectivity index is 1.45. The second-order valence-electron chi connectivity index (χ2n) is 12.2. The lowest BCUT2D eigenvalue weighted by molar-refractivity contribution is 0.934. The number of nitrogens with zero attached hydrogens (tertiary/aromatic N) is 7. The average Bonchev–Trinajstić information content (AvgIpc) is 3.49. The van der Waals surface area contributed by atoms with Gasteiger partial charge in [0.2, 0.25) is 0 Å². The van der Waals surface area contributed by atoms with Crippen LogP contribution < -0.4 is 5.43 Å². The van der Waals surface area contributed by atoms with Crippen LogP contribution in [0.5, 0.6) is 0 Å². The van der Waals surface area contributed by atoms with Crippen LogP contribution in [0.4, 0.5) is 5.95 Å². The fourth-order valence-corrected chi connectivity index (χ4v) is 7.58. The number of pyridine rings is 1. The molecule has 10 aromatic rings. The highest BCUT2D eigenvalue weighted by atomic mass is 16.1. The van der Waals surface area contributed by atoms with E-state index in [9.17, 15) is 10.1 Å². The predicted molar refractivity (Wildman–Crippen MR) is 198 cm³/mol. The first-order valence-corrected chi connectivity index (χ1v) is 16.0. The molecule has 0 aliphatic heterocycles. The van der Waals surface area contributed by atoms with Gasteiger partial charge in [-0.05, 0) is 80.8 Å². The number of rotatable bonds is 2. The first kappa shape index (κ1) is 27.7. The number of aromatic nitrogens is 5. The summed E-state index contributed by atoms with van der Waals surface area (Å²) < 4.78 is 3.99. The van der Waals surface area contributed by atoms with Crippen LogP contribution in [0, 0.1) is 17.9 Å². The van der Waals surface area contributed by atoms with Crippen molar-refractivity contribution in [3.8, 4) is 17.7 Å². The van der Waals surface area contributed by atoms with Crippen LogP contribution >= 0.6 is 0 Å². The van der Waals surface area contributed by atoms with Crippen molar-refractivity contribution >= 4 is 81.9 Å². The molecule has 0 aliphatic rings. The van der Waals surface area contributed by atoms with E-state index in [1.165, 1.54) is 16.2 Å². The molecular formula is C42H21N7O. The van der Waals surface area contributed by atoms with E-state index in [-0.39, 0.29) is 23.1 Å². The van der Waals surface area contributed by atoms with Gasteiger partial charge in [0.25, 0.3) is 11.8 Å². The Kier molecular flexibility index (Phi) is 5.69. The molecule has 8 heteroatoms. The number of hydrogen-bond acceptors (Lipinski definition) is 5. The van der Waals surface area contributed by atoms with Crippen LogP contribution in [-0.2, 0) is 0 Å². The first-order valence-electron chi connectivity index (χ1n) is 16.0. The third-order valence-electron chi connectivity index (χ3n) is 9.65. The zero-order chi connectivity index (χ0) is 33.5. The molecule has 0 amide bonds. The Morgan fingerprint density at radius 3 is 1.72 bits per heavy atom. The molecule has 0 unspecified atom stereocenters. The normalized spacial score (nSPS) is 11.6. The molecule has 0 N–H and O–H groups in total. The van der Waals surface area contributed by atoms with Crippen LogP contribution in [0.3, 0.4) is 0 Å². The molecule has 7 aromatic carbocycles. The Morgan fingerprint density at radius 1 is 0.520 bits per heavy atom. The van der Waals surface area contributed by atoms with Crippen LogP contribution in [0.2, 0.25) is 0 Å². The molecule has 0 spiro atoms. The van der Waals surface area contributed by atoms with Crippen molar-refractivity contribution in [1.82, 2.24) is 24.1 Å². The van der Waals surface area contributed by atoms with Gasteiger partial charge >= 0.3 is 5.95 Å². The summed E-state index contributed by atoms with van der Waals surface area (Å²) in [6.45, 7) is 7.59. The smallest absolute Gasteiger partial charge is 0.377 e. The quantitative estimate of drug-likeness (QED) is 0.107. The maximum atomic E-state index is 14.3. The summed E-state index contributed by atoms with van der Waals surface area (Å²) in [4.78, 5) is 30.5. The highest BCUT2D eigenvalue weighted by Crippen LogP contribution is 2.42. The van der Waals surface area contributed by atoms with Crippen molar-refractivity contribution in [2.24, 2.45) is 0 Å². The van der Waals surface area contributed by atoms with Gasteiger partial charge in [0.1, 0.15) is 0 Å². The summed E-state index contributed by atoms with van der Waals surface area (Å²) in [5.41, 5.74) is 3.82. The first-order chi connectivity index (χ1) is 24.6. The van der Waals surface area contributed by atoms with Crippen molar-refractivity contribution in [3.05, 3.63) is 155 Å². The summed E-state index contributed by atoms with van der Waals surface area (Å²) in [7, 11) is 0. The number of para-hydroxylation sites is 2. The second-order valence-corrected chi connectivity index (χ2v) is 12.2. The Labute approximate surface area is 283 Å². The number of hydrogen-bond donors (Lipinski definition) is 0. The van der Waals surface area contributed by atoms with Gasteiger partial charge in [0.15, 0.2) is 11.5 Å². The van der Waals surface area contributed by atoms with E-state index in [2.05, 4.69) is 97.2 Å². The minimum atomic E-state index is -0.201. The van der Waals surface area contributed by atoms with E-state index >= 15 is 0 Å². The van der Waals surface area contributed by atoms with E-state index in [1.54, 1.807) is 10.6 Å². The molecule has 10 rings (SSSR count). The summed E-state index contributed by atoms with van der Waals surface area (Å²) >= 11 is 0. The molecule has 0 atom stereocenters. The highest BCUT2D eigenvalue weighted by molar-refractivity contribution is 6.29. The van der Waals surface area contributed by atoms with E-state index < -0.39 is 0 Å². The summed E-state index contributed by atoms with van der Waals surface area (Å²) in [6, 6.07) is 44.9. The lowest BCUT2D eigenvalue weighted by atomic mass is 9.93. The Hall–Kier alpha value is -7.42. The maximum Gasteiger partial charge on any atom is 0.377 e. The van der Waals surface area contributed by atoms with Crippen molar-refractivity contribution < 1.29 is 0 Å². The van der Waals surface area contributed by atoms with Crippen molar-refractivity contribution in [1.29, 1.82) is 5.26 Å². The van der Waals surface area contributed by atoms with Gasteiger partial charge in [-0.15, -0.1) is 16.5 Å². The fourth-order valence-electron chi connectivity index (χ4n) is 7.58. The Bertz CT molecular complexity index is 3220. The largest absolute Gasteiger partial charge is 0.394 e. The molecule has 230 valence electrons. The monoisotopic (exact) mass is 639 g/mol. The van der Waals surface area contributed by atoms with Gasteiger partial charge < -0.3 is 9.41 Å². The third-order valence-corrected chi connectivity index (χ3v) is 9.65. The Morgan fingerprint density at radius 2 is 1.06 bits per heavy atom. The number of fused-ring (bicyclic) bond motifs is 11. The molecule has 50 heavy (non-hydrogen) atoms. The zero-order valence-electron chi connectivity index (χ0n) is 26.2. The standard InChI is InChI=1S/C42H21N7O/c1-44-41-45-39(23-43)46-42(47-41)49-35-18-10-9-17-29(35)40(50)34-20-33-32-19-30-27-15-7-5-13-25(27)26-14-6-8-16-28(26)31(30)21-36(32)48(37(33)22-38(34)49)24-11-3-2-4-12-24/h2-22H. The van der Waals surface area contributed by atoms with Gasteiger partial charge in [-0.2, -0.15) is 10.2 Å². The average molecular weight is 640 g/mol. The predicted octanol–water partition coefficient (Wildman–Crippen LogP) is 9.31.